The van der Waals surface area contributed by atoms with Gasteiger partial charge in [-0.2, -0.15) is 0 Å². The minimum atomic E-state index is -0.384. The van der Waals surface area contributed by atoms with E-state index in [1.807, 2.05) is 0 Å². The number of nitrogens with zero attached hydrogens (tertiary/aromatic N) is 2. The first-order valence-electron chi connectivity index (χ1n) is 9.08. The summed E-state index contributed by atoms with van der Waals surface area (Å²) in [5.74, 6) is 0.720. The molecule has 2 heterocycles. The van der Waals surface area contributed by atoms with Crippen molar-refractivity contribution in [1.82, 2.24) is 4.90 Å². The van der Waals surface area contributed by atoms with Crippen molar-refractivity contribution in [2.24, 2.45) is 11.3 Å². The Bertz CT molecular complexity index is 687. The number of anilines is 1. The first-order valence-corrected chi connectivity index (χ1v) is 8.50. The molecule has 0 bridgehead atoms. The molecule has 2 nitrogen and oxygen atoms in total. The van der Waals surface area contributed by atoms with Gasteiger partial charge in [-0.25, -0.2) is 0 Å². The molecule has 0 radical (unpaired) electrons. The van der Waals surface area contributed by atoms with Crippen molar-refractivity contribution < 1.29 is 1.37 Å². The molecule has 1 fully saturated rings. The Morgan fingerprint density at radius 3 is 2.64 bits per heavy atom. The monoisotopic (exact) mass is 295 g/mol. The Labute approximate surface area is 135 Å². The van der Waals surface area contributed by atoms with E-state index in [1.54, 1.807) is 0 Å². The highest BCUT2D eigenvalue weighted by atomic mass is 15.4. The smallest absolute Gasteiger partial charge is 0.0989 e. The fraction of sp³-hybridized carbons (Fsp3) is 0.500. The highest BCUT2D eigenvalue weighted by Crippen LogP contribution is 2.53. The molecule has 0 N–H and O–H groups in total. The second-order valence-electron chi connectivity index (χ2n) is 7.19. The Balaban J connectivity index is 1.79. The lowest BCUT2D eigenvalue weighted by Gasteiger charge is -2.32. The first-order chi connectivity index (χ1) is 11.0. The van der Waals surface area contributed by atoms with Gasteiger partial charge in [0.25, 0.3) is 0 Å². The third-order valence-corrected chi connectivity index (χ3v) is 5.87. The number of rotatable bonds is 2. The van der Waals surface area contributed by atoms with Crippen LogP contribution in [0.3, 0.4) is 0 Å². The van der Waals surface area contributed by atoms with Crippen molar-refractivity contribution in [2.45, 2.75) is 46.5 Å². The number of aryl methyl sites for hydroxylation is 1. The third-order valence-electron chi connectivity index (χ3n) is 5.87. The van der Waals surface area contributed by atoms with Gasteiger partial charge in [-0.3, -0.25) is 0 Å². The molecule has 0 aromatic heterocycles. The average molecular weight is 295 g/mol. The largest absolute Gasteiger partial charge is 0.331 e. The standard InChI is InChI=1S/C20H26N2/c1-15-8-4-7-11-18(15)22-14-21-13-12-20(3,19(21)16(22)2)17-9-5-6-10-17/h4,7-8,11-13,17H,5-6,9-10,14H2,1-3H3/i14D. The molecule has 0 amide bonds. The lowest BCUT2D eigenvalue weighted by Crippen LogP contribution is -2.27. The maximum atomic E-state index is 8.79. The summed E-state index contributed by atoms with van der Waals surface area (Å²) in [6, 6.07) is 8.41. The van der Waals surface area contributed by atoms with E-state index >= 15 is 0 Å². The second kappa shape index (κ2) is 4.91. The molecule has 0 saturated heterocycles. The molecule has 0 spiro atoms. The Morgan fingerprint density at radius 1 is 1.18 bits per heavy atom. The van der Waals surface area contributed by atoms with Gasteiger partial charge in [0.15, 0.2) is 0 Å². The summed E-state index contributed by atoms with van der Waals surface area (Å²) >= 11 is 0. The second-order valence-corrected chi connectivity index (χ2v) is 7.19. The highest BCUT2D eigenvalue weighted by Gasteiger charge is 2.46. The lowest BCUT2D eigenvalue weighted by molar-refractivity contribution is 0.285. The van der Waals surface area contributed by atoms with E-state index in [0.29, 0.717) is 0 Å². The number of benzene rings is 1. The molecule has 2 aliphatic heterocycles. The molecular weight excluding hydrogens is 268 g/mol. The molecule has 1 aromatic rings. The maximum absolute atomic E-state index is 8.79. The summed E-state index contributed by atoms with van der Waals surface area (Å²) < 4.78 is 8.79. The van der Waals surface area contributed by atoms with Crippen LogP contribution in [0.1, 0.15) is 46.5 Å². The van der Waals surface area contributed by atoms with E-state index < -0.39 is 0 Å². The summed E-state index contributed by atoms with van der Waals surface area (Å²) in [5, 5.41) is 0. The number of allylic oxidation sites excluding steroid dienone is 2. The fourth-order valence-electron chi connectivity index (χ4n) is 4.60. The van der Waals surface area contributed by atoms with Gasteiger partial charge in [0.2, 0.25) is 0 Å². The number of hydrogen-bond donors (Lipinski definition) is 0. The van der Waals surface area contributed by atoms with Gasteiger partial charge in [-0.05, 0) is 44.2 Å². The highest BCUT2D eigenvalue weighted by molar-refractivity contribution is 5.61. The molecule has 2 heteroatoms. The summed E-state index contributed by atoms with van der Waals surface area (Å²) in [4.78, 5) is 4.38. The van der Waals surface area contributed by atoms with Crippen LogP contribution in [0, 0.1) is 18.3 Å². The van der Waals surface area contributed by atoms with Crippen molar-refractivity contribution in [3.63, 3.8) is 0 Å². The molecular formula is C20H26N2. The minimum Gasteiger partial charge on any atom is -0.331 e. The number of para-hydroxylation sites is 1. The zero-order valence-electron chi connectivity index (χ0n) is 14.8. The van der Waals surface area contributed by atoms with Gasteiger partial charge in [0.05, 0.1) is 8.02 Å². The van der Waals surface area contributed by atoms with Crippen LogP contribution < -0.4 is 4.90 Å². The number of hydrogen-bond acceptors (Lipinski definition) is 2. The third kappa shape index (κ3) is 1.86. The molecule has 1 saturated carbocycles. The topological polar surface area (TPSA) is 6.48 Å². The van der Waals surface area contributed by atoms with Crippen LogP contribution in [0.25, 0.3) is 0 Å². The van der Waals surface area contributed by atoms with Crippen LogP contribution in [0.5, 0.6) is 0 Å². The minimum absolute atomic E-state index is 0.0946. The van der Waals surface area contributed by atoms with Crippen molar-refractivity contribution in [1.29, 1.82) is 0 Å². The normalized spacial score (nSPS) is 32.1. The van der Waals surface area contributed by atoms with Gasteiger partial charge in [-0.1, -0.05) is 44.0 Å². The fourth-order valence-corrected chi connectivity index (χ4v) is 4.60. The first kappa shape index (κ1) is 12.8. The summed E-state index contributed by atoms with van der Waals surface area (Å²) in [7, 11) is 0. The van der Waals surface area contributed by atoms with Crippen LogP contribution in [0.2, 0.25) is 0 Å². The average Bonchev–Trinajstić information content (AvgIpc) is 3.22. The zero-order valence-corrected chi connectivity index (χ0v) is 13.8. The Hall–Kier alpha value is -1.70. The molecule has 2 unspecified atom stereocenters. The van der Waals surface area contributed by atoms with Crippen LogP contribution >= 0.6 is 0 Å². The van der Waals surface area contributed by atoms with Gasteiger partial charge in [0.1, 0.15) is 0 Å². The maximum Gasteiger partial charge on any atom is 0.0989 e. The Morgan fingerprint density at radius 2 is 1.91 bits per heavy atom. The van der Waals surface area contributed by atoms with E-state index in [1.165, 1.54) is 42.6 Å². The van der Waals surface area contributed by atoms with E-state index in [-0.39, 0.29) is 12.1 Å². The van der Waals surface area contributed by atoms with Crippen LogP contribution in [0.4, 0.5) is 5.69 Å². The predicted molar refractivity (Wildman–Crippen MR) is 92.3 cm³/mol. The SMILES string of the molecule is [2H]C1N2C=CC(C)(C3CCCC3)C2=C(C)N1c1ccccc1C. The van der Waals surface area contributed by atoms with Crippen molar-refractivity contribution in [3.8, 4) is 0 Å². The van der Waals surface area contributed by atoms with Crippen molar-refractivity contribution >= 4 is 5.69 Å². The quantitative estimate of drug-likeness (QED) is 0.755. The summed E-state index contributed by atoms with van der Waals surface area (Å²) in [6.07, 6.45) is 9.86. The van der Waals surface area contributed by atoms with E-state index in [0.717, 1.165) is 11.6 Å². The molecule has 2 atom stereocenters. The van der Waals surface area contributed by atoms with E-state index in [9.17, 15) is 0 Å². The molecule has 1 aromatic carbocycles. The summed E-state index contributed by atoms with van der Waals surface area (Å²) in [6.45, 7) is 6.33. The molecule has 1 aliphatic carbocycles. The summed E-state index contributed by atoms with van der Waals surface area (Å²) in [5.41, 5.74) is 5.09. The molecule has 3 aliphatic rings. The van der Waals surface area contributed by atoms with Gasteiger partial charge >= 0.3 is 0 Å². The van der Waals surface area contributed by atoms with E-state index in [4.69, 9.17) is 1.37 Å². The van der Waals surface area contributed by atoms with Crippen LogP contribution in [-0.4, -0.2) is 11.5 Å². The van der Waals surface area contributed by atoms with Crippen molar-refractivity contribution in [3.05, 3.63) is 53.5 Å². The van der Waals surface area contributed by atoms with Crippen LogP contribution in [-0.2, 0) is 0 Å². The molecule has 22 heavy (non-hydrogen) atoms. The number of fused-ring (bicyclic) bond motifs is 1. The van der Waals surface area contributed by atoms with E-state index in [2.05, 4.69) is 67.1 Å². The lowest BCUT2D eigenvalue weighted by atomic mass is 9.74. The zero-order chi connectivity index (χ0) is 16.2. The molecule has 4 rings (SSSR count). The van der Waals surface area contributed by atoms with Crippen molar-refractivity contribution in [2.75, 3.05) is 11.5 Å². The van der Waals surface area contributed by atoms with Gasteiger partial charge in [-0.15, -0.1) is 0 Å². The predicted octanol–water partition coefficient (Wildman–Crippen LogP) is 5.03. The van der Waals surface area contributed by atoms with Gasteiger partial charge in [0, 0.05) is 28.7 Å². The Kier molecular flexibility index (Phi) is 2.86. The van der Waals surface area contributed by atoms with Crippen LogP contribution in [0.15, 0.2) is 47.9 Å². The van der Waals surface area contributed by atoms with Gasteiger partial charge < -0.3 is 9.80 Å². The molecule has 116 valence electrons.